The lowest BCUT2D eigenvalue weighted by molar-refractivity contribution is -0.162. The first kappa shape index (κ1) is 31.6. The molecule has 0 amide bonds. The summed E-state index contributed by atoms with van der Waals surface area (Å²) in [7, 11) is -3.25. The lowest BCUT2D eigenvalue weighted by atomic mass is 9.54. The Labute approximate surface area is 248 Å². The first-order valence-corrected chi connectivity index (χ1v) is 17.1. The summed E-state index contributed by atoms with van der Waals surface area (Å²) in [4.78, 5) is 25.1. The van der Waals surface area contributed by atoms with Crippen molar-refractivity contribution in [2.75, 3.05) is 32.1 Å². The summed E-state index contributed by atoms with van der Waals surface area (Å²) in [5.74, 6) is 1.15. The van der Waals surface area contributed by atoms with E-state index in [0.717, 1.165) is 48.8 Å². The molecule has 4 bridgehead atoms. The number of nitriles is 2. The van der Waals surface area contributed by atoms with E-state index in [4.69, 9.17) is 29.3 Å². The number of rotatable bonds is 15. The van der Waals surface area contributed by atoms with Gasteiger partial charge in [0.05, 0.1) is 32.0 Å². The zero-order valence-electron chi connectivity index (χ0n) is 24.6. The molecular formula is C32H41N2O7P. The molecular weight excluding hydrogens is 555 g/mol. The minimum absolute atomic E-state index is 0.0780. The molecule has 0 unspecified atom stereocenters. The summed E-state index contributed by atoms with van der Waals surface area (Å²) in [5.41, 5.74) is 2.08. The predicted octanol–water partition coefficient (Wildman–Crippen LogP) is 6.49. The Morgan fingerprint density at radius 3 is 2.00 bits per heavy atom. The maximum absolute atomic E-state index is 13.5. The number of nitrogens with zero attached hydrogens (tertiary/aromatic N) is 2. The molecule has 0 radical (unpaired) electrons. The Morgan fingerprint density at radius 2 is 1.48 bits per heavy atom. The molecule has 0 spiro atoms. The summed E-state index contributed by atoms with van der Waals surface area (Å²) in [6.45, 7) is 3.83. The van der Waals surface area contributed by atoms with Crippen molar-refractivity contribution in [2.24, 2.45) is 29.6 Å². The van der Waals surface area contributed by atoms with Crippen LogP contribution in [0.4, 0.5) is 0 Å². The molecule has 0 saturated heterocycles. The minimum Gasteiger partial charge on any atom is -0.493 e. The van der Waals surface area contributed by atoms with Crippen LogP contribution in [0.1, 0.15) is 70.8 Å². The number of ether oxygens (including phenoxy) is 3. The zero-order chi connectivity index (χ0) is 30.1. The number of hydrogen-bond acceptors (Lipinski definition) is 9. The molecule has 42 heavy (non-hydrogen) atoms. The predicted molar refractivity (Wildman–Crippen MR) is 156 cm³/mol. The molecule has 226 valence electrons. The lowest BCUT2D eigenvalue weighted by Crippen LogP contribution is -2.41. The van der Waals surface area contributed by atoms with E-state index in [-0.39, 0.29) is 51.4 Å². The van der Waals surface area contributed by atoms with E-state index in [0.29, 0.717) is 17.6 Å². The Bertz CT molecular complexity index is 1220. The van der Waals surface area contributed by atoms with Crippen molar-refractivity contribution in [2.45, 2.75) is 65.2 Å². The molecule has 4 aliphatic carbocycles. The molecule has 5 rings (SSSR count). The van der Waals surface area contributed by atoms with Crippen LogP contribution in [0.2, 0.25) is 0 Å². The van der Waals surface area contributed by atoms with Crippen molar-refractivity contribution in [3.05, 3.63) is 35.4 Å². The number of hydrogen-bond donors (Lipinski definition) is 0. The fourth-order valence-electron chi connectivity index (χ4n) is 7.02. The quantitative estimate of drug-likeness (QED) is 0.0963. The Morgan fingerprint density at radius 1 is 0.905 bits per heavy atom. The van der Waals surface area contributed by atoms with E-state index in [1.165, 1.54) is 12.0 Å². The van der Waals surface area contributed by atoms with Crippen LogP contribution in [0.5, 0.6) is 5.75 Å². The summed E-state index contributed by atoms with van der Waals surface area (Å²) >= 11 is 0. The number of carbonyl (C=O) groups is 2. The number of benzene rings is 1. The van der Waals surface area contributed by atoms with Gasteiger partial charge in [-0.1, -0.05) is 12.1 Å². The lowest BCUT2D eigenvalue weighted by Gasteiger charge is -2.51. The molecule has 10 heteroatoms. The minimum atomic E-state index is -3.25. The third-order valence-corrected chi connectivity index (χ3v) is 10.9. The number of allylic oxidation sites excluding steroid dienone is 1. The van der Waals surface area contributed by atoms with Crippen molar-refractivity contribution in [3.8, 4) is 17.9 Å². The van der Waals surface area contributed by atoms with Gasteiger partial charge < -0.3 is 18.7 Å². The second-order valence-electron chi connectivity index (χ2n) is 11.5. The summed E-state index contributed by atoms with van der Waals surface area (Å²) in [5, 5.41) is 18.1. The molecule has 0 aliphatic heterocycles. The molecule has 4 aliphatic rings. The SMILES string of the molecule is CCOC(=O)C(CCOC(=C1C2CC3CC(C2)CC1C3)c1cccc(OP(=O)(CCC#N)CCC#N)c1)C(=O)OCC. The fraction of sp³-hybridized carbons (Fsp3) is 0.625. The molecule has 0 heterocycles. The Balaban J connectivity index is 1.63. The maximum atomic E-state index is 13.5. The molecule has 0 atom stereocenters. The first-order chi connectivity index (χ1) is 20.3. The van der Waals surface area contributed by atoms with Crippen molar-refractivity contribution in [3.63, 3.8) is 0 Å². The van der Waals surface area contributed by atoms with Gasteiger partial charge >= 0.3 is 11.9 Å². The zero-order valence-corrected chi connectivity index (χ0v) is 25.5. The van der Waals surface area contributed by atoms with Gasteiger partial charge in [-0.25, -0.2) is 0 Å². The molecule has 1 aromatic carbocycles. The average Bonchev–Trinajstić information content (AvgIpc) is 2.96. The third kappa shape index (κ3) is 7.75. The normalized spacial score (nSPS) is 22.3. The van der Waals surface area contributed by atoms with Gasteiger partial charge in [-0.05, 0) is 87.3 Å². The molecule has 0 N–H and O–H groups in total. The van der Waals surface area contributed by atoms with E-state index in [1.54, 1.807) is 19.9 Å². The van der Waals surface area contributed by atoms with Gasteiger partial charge in [-0.2, -0.15) is 10.5 Å². The smallest absolute Gasteiger partial charge is 0.320 e. The van der Waals surface area contributed by atoms with Crippen molar-refractivity contribution in [1.29, 1.82) is 10.5 Å². The van der Waals surface area contributed by atoms with E-state index in [9.17, 15) is 14.2 Å². The van der Waals surface area contributed by atoms with Crippen molar-refractivity contribution < 1.29 is 32.9 Å². The summed E-state index contributed by atoms with van der Waals surface area (Å²) < 4.78 is 36.3. The van der Waals surface area contributed by atoms with Crippen LogP contribution in [-0.2, 0) is 28.4 Å². The summed E-state index contributed by atoms with van der Waals surface area (Å²) in [6.07, 6.45) is 6.28. The van der Waals surface area contributed by atoms with Crippen molar-refractivity contribution >= 4 is 25.1 Å². The van der Waals surface area contributed by atoms with Gasteiger partial charge in [0.1, 0.15) is 11.5 Å². The molecule has 0 aromatic heterocycles. The van der Waals surface area contributed by atoms with Crippen LogP contribution in [-0.4, -0.2) is 44.1 Å². The fourth-order valence-corrected chi connectivity index (χ4v) is 8.81. The van der Waals surface area contributed by atoms with Gasteiger partial charge in [0.15, 0.2) is 5.92 Å². The molecule has 1 aromatic rings. The maximum Gasteiger partial charge on any atom is 0.320 e. The molecule has 4 fully saturated rings. The van der Waals surface area contributed by atoms with E-state index in [1.807, 2.05) is 30.3 Å². The van der Waals surface area contributed by atoms with Gasteiger partial charge in [0, 0.05) is 37.1 Å². The highest BCUT2D eigenvalue weighted by atomic mass is 31.2. The topological polar surface area (TPSA) is 136 Å². The second kappa shape index (κ2) is 14.7. The third-order valence-electron chi connectivity index (χ3n) is 8.57. The van der Waals surface area contributed by atoms with Gasteiger partial charge in [0.25, 0.3) is 0 Å². The molecule has 9 nitrogen and oxygen atoms in total. The van der Waals surface area contributed by atoms with Crippen molar-refractivity contribution in [1.82, 2.24) is 0 Å². The Hall–Kier alpha value is -3.29. The van der Waals surface area contributed by atoms with Crippen LogP contribution >= 0.6 is 7.37 Å². The van der Waals surface area contributed by atoms with Crippen LogP contribution in [0, 0.1) is 52.3 Å². The highest BCUT2D eigenvalue weighted by Crippen LogP contribution is 2.58. The highest BCUT2D eigenvalue weighted by molar-refractivity contribution is 7.59. The average molecular weight is 597 g/mol. The monoisotopic (exact) mass is 596 g/mol. The highest BCUT2D eigenvalue weighted by Gasteiger charge is 2.47. The van der Waals surface area contributed by atoms with Crippen LogP contribution in [0.25, 0.3) is 5.76 Å². The van der Waals surface area contributed by atoms with Gasteiger partial charge in [-0.3, -0.25) is 14.2 Å². The van der Waals surface area contributed by atoms with Gasteiger partial charge in [-0.15, -0.1) is 0 Å². The number of carbonyl (C=O) groups excluding carboxylic acids is 2. The summed E-state index contributed by atoms with van der Waals surface area (Å²) in [6, 6.07) is 11.3. The standard InChI is InChI=1S/C32H41N2O7P/c1-3-38-31(35)28(32(36)39-4-2)10-13-40-30(29-25-17-22-16-23(19-25)20-26(29)18-22)24-8-5-9-27(21-24)41-42(37,14-6-11-33)15-7-12-34/h5,8-9,21-23,25-26,28H,3-4,6-7,10,13-20H2,1-2H3. The largest absolute Gasteiger partial charge is 0.493 e. The van der Waals surface area contributed by atoms with Crippen LogP contribution < -0.4 is 4.52 Å². The molecule has 4 saturated carbocycles. The van der Waals surface area contributed by atoms with E-state index in [2.05, 4.69) is 0 Å². The van der Waals surface area contributed by atoms with E-state index < -0.39 is 25.2 Å². The number of esters is 2. The van der Waals surface area contributed by atoms with E-state index >= 15 is 0 Å². The Kier molecular flexibility index (Phi) is 11.1. The van der Waals surface area contributed by atoms with Crippen LogP contribution in [0.15, 0.2) is 29.8 Å². The van der Waals surface area contributed by atoms with Gasteiger partial charge in [0.2, 0.25) is 7.37 Å². The van der Waals surface area contributed by atoms with Crippen LogP contribution in [0.3, 0.4) is 0 Å². The first-order valence-electron chi connectivity index (χ1n) is 15.1. The second-order valence-corrected chi connectivity index (χ2v) is 14.2.